The zero-order valence-corrected chi connectivity index (χ0v) is 16.3. The predicted octanol–water partition coefficient (Wildman–Crippen LogP) is 3.21. The zero-order valence-electron chi connectivity index (χ0n) is 16.3. The second kappa shape index (κ2) is 9.28. The molecule has 2 aromatic carbocycles. The standard InChI is InChI=1S/C22H26N4O2/c1-16-11-13-19(14-12-16)26-24-20(15-27)21(25-26)22(28)23-17(2)7-6-10-18-8-4-3-5-9-18/h3-5,8-9,11-14,17,27H,6-7,10,15H2,1-2H3,(H,23,28)/t17-/m1/s1. The quantitative estimate of drug-likeness (QED) is 0.631. The number of carbonyl (C=O) groups excluding carboxylic acids is 1. The van der Waals surface area contributed by atoms with Crippen molar-refractivity contribution in [3.63, 3.8) is 0 Å². The number of hydrogen-bond donors (Lipinski definition) is 2. The van der Waals surface area contributed by atoms with Crippen molar-refractivity contribution in [3.05, 3.63) is 77.1 Å². The molecule has 146 valence electrons. The average molecular weight is 378 g/mol. The summed E-state index contributed by atoms with van der Waals surface area (Å²) in [6.45, 7) is 3.64. The number of amides is 1. The molecule has 0 saturated carbocycles. The van der Waals surface area contributed by atoms with E-state index in [4.69, 9.17) is 0 Å². The Morgan fingerprint density at radius 1 is 1.11 bits per heavy atom. The first-order valence-electron chi connectivity index (χ1n) is 9.55. The summed E-state index contributed by atoms with van der Waals surface area (Å²) < 4.78 is 0. The summed E-state index contributed by atoms with van der Waals surface area (Å²) in [5.41, 5.74) is 3.60. The fourth-order valence-corrected chi connectivity index (χ4v) is 3.03. The summed E-state index contributed by atoms with van der Waals surface area (Å²) in [6.07, 6.45) is 2.82. The maximum absolute atomic E-state index is 12.6. The van der Waals surface area contributed by atoms with E-state index in [-0.39, 0.29) is 29.9 Å². The number of rotatable bonds is 8. The Kier molecular flexibility index (Phi) is 6.55. The van der Waals surface area contributed by atoms with Gasteiger partial charge in [-0.25, -0.2) is 0 Å². The molecule has 0 bridgehead atoms. The Bertz CT molecular complexity index is 904. The van der Waals surface area contributed by atoms with E-state index in [1.54, 1.807) is 0 Å². The molecule has 0 unspecified atom stereocenters. The van der Waals surface area contributed by atoms with Crippen molar-refractivity contribution < 1.29 is 9.90 Å². The van der Waals surface area contributed by atoms with Gasteiger partial charge in [-0.15, -0.1) is 10.2 Å². The molecule has 0 saturated heterocycles. The van der Waals surface area contributed by atoms with Crippen molar-refractivity contribution in [3.8, 4) is 5.69 Å². The molecule has 2 N–H and O–H groups in total. The van der Waals surface area contributed by atoms with Crippen LogP contribution >= 0.6 is 0 Å². The van der Waals surface area contributed by atoms with Crippen LogP contribution in [0, 0.1) is 6.92 Å². The third-order valence-corrected chi connectivity index (χ3v) is 4.64. The molecule has 0 aliphatic carbocycles. The number of hydrogen-bond acceptors (Lipinski definition) is 4. The van der Waals surface area contributed by atoms with E-state index in [0.29, 0.717) is 0 Å². The lowest BCUT2D eigenvalue weighted by atomic mass is 10.1. The Balaban J connectivity index is 1.60. The summed E-state index contributed by atoms with van der Waals surface area (Å²) in [7, 11) is 0. The van der Waals surface area contributed by atoms with Crippen LogP contribution in [-0.4, -0.2) is 32.0 Å². The van der Waals surface area contributed by atoms with Gasteiger partial charge >= 0.3 is 0 Å². The monoisotopic (exact) mass is 378 g/mol. The second-order valence-corrected chi connectivity index (χ2v) is 7.03. The van der Waals surface area contributed by atoms with Gasteiger partial charge in [0.25, 0.3) is 5.91 Å². The van der Waals surface area contributed by atoms with Gasteiger partial charge in [-0.3, -0.25) is 4.79 Å². The molecule has 1 aromatic heterocycles. The van der Waals surface area contributed by atoms with E-state index >= 15 is 0 Å². The summed E-state index contributed by atoms with van der Waals surface area (Å²) in [6, 6.07) is 18.0. The van der Waals surface area contributed by atoms with Crippen LogP contribution in [0.2, 0.25) is 0 Å². The van der Waals surface area contributed by atoms with E-state index in [1.165, 1.54) is 10.4 Å². The molecule has 6 nitrogen and oxygen atoms in total. The molecule has 0 aliphatic heterocycles. The first-order chi connectivity index (χ1) is 13.6. The van der Waals surface area contributed by atoms with E-state index in [1.807, 2.05) is 56.3 Å². The second-order valence-electron chi connectivity index (χ2n) is 7.03. The molecule has 1 atom stereocenters. The topological polar surface area (TPSA) is 80.0 Å². The molecule has 0 aliphatic rings. The van der Waals surface area contributed by atoms with Crippen LogP contribution in [0.25, 0.3) is 5.69 Å². The lowest BCUT2D eigenvalue weighted by molar-refractivity contribution is 0.0929. The van der Waals surface area contributed by atoms with Gasteiger partial charge in [-0.1, -0.05) is 48.0 Å². The van der Waals surface area contributed by atoms with Gasteiger partial charge in [0.1, 0.15) is 5.69 Å². The van der Waals surface area contributed by atoms with Crippen molar-refractivity contribution in [1.82, 2.24) is 20.3 Å². The fourth-order valence-electron chi connectivity index (χ4n) is 3.03. The van der Waals surface area contributed by atoms with Gasteiger partial charge in [0.2, 0.25) is 0 Å². The van der Waals surface area contributed by atoms with E-state index in [0.717, 1.165) is 30.5 Å². The third kappa shape index (κ3) is 5.04. The lowest BCUT2D eigenvalue weighted by Gasteiger charge is -2.13. The maximum Gasteiger partial charge on any atom is 0.274 e. The third-order valence-electron chi connectivity index (χ3n) is 4.64. The van der Waals surface area contributed by atoms with Crippen LogP contribution in [-0.2, 0) is 13.0 Å². The van der Waals surface area contributed by atoms with Crippen molar-refractivity contribution in [1.29, 1.82) is 0 Å². The van der Waals surface area contributed by atoms with Crippen molar-refractivity contribution in [2.45, 2.75) is 45.8 Å². The van der Waals surface area contributed by atoms with Crippen molar-refractivity contribution in [2.24, 2.45) is 0 Å². The highest BCUT2D eigenvalue weighted by Crippen LogP contribution is 2.12. The zero-order chi connectivity index (χ0) is 19.9. The largest absolute Gasteiger partial charge is 0.390 e. The van der Waals surface area contributed by atoms with Crippen LogP contribution in [0.4, 0.5) is 0 Å². The highest BCUT2D eigenvalue weighted by molar-refractivity contribution is 5.93. The highest BCUT2D eigenvalue weighted by Gasteiger charge is 2.20. The van der Waals surface area contributed by atoms with Gasteiger partial charge in [-0.05, 0) is 50.8 Å². The summed E-state index contributed by atoms with van der Waals surface area (Å²) in [4.78, 5) is 14.0. The Morgan fingerprint density at radius 2 is 1.82 bits per heavy atom. The first-order valence-corrected chi connectivity index (χ1v) is 9.55. The van der Waals surface area contributed by atoms with Crippen LogP contribution < -0.4 is 5.32 Å². The SMILES string of the molecule is Cc1ccc(-n2nc(CO)c(C(=O)N[C@H](C)CCCc3ccccc3)n2)cc1. The molecular weight excluding hydrogens is 352 g/mol. The lowest BCUT2D eigenvalue weighted by Crippen LogP contribution is -2.33. The number of nitrogens with one attached hydrogen (secondary N) is 1. The number of aromatic nitrogens is 3. The summed E-state index contributed by atoms with van der Waals surface area (Å²) >= 11 is 0. The Hall–Kier alpha value is -2.99. The van der Waals surface area contributed by atoms with Gasteiger partial charge in [0.15, 0.2) is 5.69 Å². The molecule has 1 amide bonds. The normalized spacial score (nSPS) is 12.0. The molecule has 1 heterocycles. The maximum atomic E-state index is 12.6. The Morgan fingerprint density at radius 3 is 2.50 bits per heavy atom. The number of nitrogens with zero attached hydrogens (tertiary/aromatic N) is 3. The van der Waals surface area contributed by atoms with Gasteiger partial charge in [0.05, 0.1) is 12.3 Å². The first kappa shape index (κ1) is 19.8. The number of aryl methyl sites for hydroxylation is 2. The molecule has 0 radical (unpaired) electrons. The summed E-state index contributed by atoms with van der Waals surface area (Å²) in [5.74, 6) is -0.311. The van der Waals surface area contributed by atoms with Crippen molar-refractivity contribution >= 4 is 5.91 Å². The van der Waals surface area contributed by atoms with Gasteiger partial charge < -0.3 is 10.4 Å². The number of aliphatic hydroxyl groups is 1. The van der Waals surface area contributed by atoms with E-state index in [2.05, 4.69) is 27.6 Å². The predicted molar refractivity (Wildman–Crippen MR) is 108 cm³/mol. The van der Waals surface area contributed by atoms with Crippen LogP contribution in [0.5, 0.6) is 0 Å². The molecule has 0 fully saturated rings. The van der Waals surface area contributed by atoms with Gasteiger partial charge in [-0.2, -0.15) is 4.80 Å². The molecule has 3 rings (SSSR count). The molecule has 6 heteroatoms. The van der Waals surface area contributed by atoms with Gasteiger partial charge in [0, 0.05) is 6.04 Å². The molecular formula is C22H26N4O2. The highest BCUT2D eigenvalue weighted by atomic mass is 16.3. The Labute approximate surface area is 165 Å². The minimum absolute atomic E-state index is 0.00674. The number of carbonyl (C=O) groups is 1. The molecule has 3 aromatic rings. The van der Waals surface area contributed by atoms with Crippen molar-refractivity contribution in [2.75, 3.05) is 0 Å². The minimum atomic E-state index is -0.336. The molecule has 0 spiro atoms. The number of aliphatic hydroxyl groups excluding tert-OH is 1. The van der Waals surface area contributed by atoms with Crippen LogP contribution in [0.3, 0.4) is 0 Å². The average Bonchev–Trinajstić information content (AvgIpc) is 3.14. The van der Waals surface area contributed by atoms with Crippen LogP contribution in [0.1, 0.15) is 47.1 Å². The summed E-state index contributed by atoms with van der Waals surface area (Å²) in [5, 5.41) is 21.1. The van der Waals surface area contributed by atoms with E-state index < -0.39 is 0 Å². The van der Waals surface area contributed by atoms with E-state index in [9.17, 15) is 9.90 Å². The van der Waals surface area contributed by atoms with Crippen LogP contribution in [0.15, 0.2) is 54.6 Å². The molecule has 28 heavy (non-hydrogen) atoms. The minimum Gasteiger partial charge on any atom is -0.390 e. The smallest absolute Gasteiger partial charge is 0.274 e. The fraction of sp³-hybridized carbons (Fsp3) is 0.318. The number of benzene rings is 2.